The second-order valence-corrected chi connectivity index (χ2v) is 10.4. The van der Waals surface area contributed by atoms with E-state index in [4.69, 9.17) is 16.0 Å². The van der Waals surface area contributed by atoms with Crippen LogP contribution in [0.15, 0.2) is 0 Å². The van der Waals surface area contributed by atoms with Crippen LogP contribution in [0.25, 0.3) is 0 Å². The van der Waals surface area contributed by atoms with Crippen molar-refractivity contribution in [3.05, 3.63) is 0 Å². The normalized spacial score (nSPS) is 15.4. The molecule has 0 aliphatic rings. The molecule has 4 heteroatoms. The Morgan fingerprint density at radius 3 is 2.14 bits per heavy atom. The van der Waals surface area contributed by atoms with Crippen LogP contribution in [0.5, 0.6) is 0 Å². The lowest BCUT2D eigenvalue weighted by Gasteiger charge is -2.38. The number of rotatable bonds is 4. The minimum absolute atomic E-state index is 0.0686. The molecule has 0 aromatic rings. The first kappa shape index (κ1) is 14.1. The molecule has 0 aliphatic carbocycles. The van der Waals surface area contributed by atoms with Gasteiger partial charge in [0.15, 0.2) is 8.32 Å². The molecule has 14 heavy (non-hydrogen) atoms. The predicted octanol–water partition coefficient (Wildman–Crippen LogP) is 3.55. The highest BCUT2D eigenvalue weighted by atomic mass is 35.5. The summed E-state index contributed by atoms with van der Waals surface area (Å²) in [4.78, 5) is 10.7. The van der Waals surface area contributed by atoms with Gasteiger partial charge in [0.05, 0.1) is 6.10 Å². The summed E-state index contributed by atoms with van der Waals surface area (Å²) >= 11 is 5.31. The Kier molecular flexibility index (Phi) is 4.82. The van der Waals surface area contributed by atoms with E-state index in [0.29, 0.717) is 6.42 Å². The fraction of sp³-hybridized carbons (Fsp3) is 0.900. The molecule has 2 nitrogen and oxygen atoms in total. The largest absolute Gasteiger partial charge is 0.414 e. The first-order valence-corrected chi connectivity index (χ1v) is 8.21. The monoisotopic (exact) mass is 236 g/mol. The van der Waals surface area contributed by atoms with Crippen molar-refractivity contribution < 1.29 is 9.22 Å². The van der Waals surface area contributed by atoms with Crippen LogP contribution < -0.4 is 0 Å². The molecule has 0 rings (SSSR count). The fourth-order valence-electron chi connectivity index (χ4n) is 0.947. The molecule has 0 N–H and O–H groups in total. The average molecular weight is 237 g/mol. The molecule has 0 saturated heterocycles. The van der Waals surface area contributed by atoms with Gasteiger partial charge in [-0.25, -0.2) is 0 Å². The zero-order chi connectivity index (χ0) is 11.6. The van der Waals surface area contributed by atoms with E-state index in [1.807, 2.05) is 6.92 Å². The molecule has 0 fully saturated rings. The lowest BCUT2D eigenvalue weighted by atomic mass is 10.2. The van der Waals surface area contributed by atoms with Crippen molar-refractivity contribution in [3.8, 4) is 0 Å². The van der Waals surface area contributed by atoms with E-state index >= 15 is 0 Å². The van der Waals surface area contributed by atoms with E-state index in [9.17, 15) is 4.79 Å². The Balaban J connectivity index is 4.29. The van der Waals surface area contributed by atoms with Gasteiger partial charge >= 0.3 is 0 Å². The summed E-state index contributed by atoms with van der Waals surface area (Å²) < 4.78 is 5.95. The first-order valence-electron chi connectivity index (χ1n) is 4.92. The average Bonchev–Trinajstić information content (AvgIpc) is 1.79. The van der Waals surface area contributed by atoms with Crippen molar-refractivity contribution >= 4 is 25.2 Å². The predicted molar refractivity (Wildman–Crippen MR) is 63.2 cm³/mol. The molecule has 84 valence electrons. The van der Waals surface area contributed by atoms with Crippen molar-refractivity contribution in [2.75, 3.05) is 0 Å². The highest BCUT2D eigenvalue weighted by Crippen LogP contribution is 2.37. The third kappa shape index (κ3) is 4.58. The van der Waals surface area contributed by atoms with Gasteiger partial charge in [0.25, 0.3) is 0 Å². The third-order valence-corrected chi connectivity index (χ3v) is 7.51. The second-order valence-electron chi connectivity index (χ2n) is 5.25. The lowest BCUT2D eigenvalue weighted by molar-refractivity contribution is -0.113. The maximum Gasteiger partial charge on any atom is 0.224 e. The van der Waals surface area contributed by atoms with Crippen LogP contribution in [-0.4, -0.2) is 19.7 Å². The highest BCUT2D eigenvalue weighted by molar-refractivity contribution is 6.74. The minimum Gasteiger partial charge on any atom is -0.414 e. The Hall–Kier alpha value is 0.137. The van der Waals surface area contributed by atoms with E-state index in [1.54, 1.807) is 0 Å². The molecular weight excluding hydrogens is 216 g/mol. The Labute approximate surface area is 93.1 Å². The van der Waals surface area contributed by atoms with E-state index in [0.717, 1.165) is 0 Å². The van der Waals surface area contributed by atoms with Crippen LogP contribution in [0.4, 0.5) is 0 Å². The van der Waals surface area contributed by atoms with Crippen LogP contribution in [0.3, 0.4) is 0 Å². The quantitative estimate of drug-likeness (QED) is 0.551. The molecule has 0 aromatic carbocycles. The smallest absolute Gasteiger partial charge is 0.224 e. The van der Waals surface area contributed by atoms with Crippen molar-refractivity contribution in [1.82, 2.24) is 0 Å². The maximum atomic E-state index is 10.7. The molecule has 0 radical (unpaired) electrons. The number of carbonyl (C=O) groups is 1. The molecule has 0 heterocycles. The summed E-state index contributed by atoms with van der Waals surface area (Å²) in [6.07, 6.45) is 0.231. The summed E-state index contributed by atoms with van der Waals surface area (Å²) in [5, 5.41) is -0.146. The molecule has 0 saturated carbocycles. The molecule has 0 amide bonds. The molecular formula is C10H21ClO2Si. The third-order valence-electron chi connectivity index (χ3n) is 2.75. The minimum atomic E-state index is -1.75. The standard InChI is InChI=1S/C10H21ClO2Si/c1-8(7-9(11)12)13-14(5,6)10(2,3)4/h8H,7H2,1-6H3. The fourth-order valence-corrected chi connectivity index (χ4v) is 2.61. The van der Waals surface area contributed by atoms with E-state index in [1.165, 1.54) is 0 Å². The van der Waals surface area contributed by atoms with Crippen LogP contribution >= 0.6 is 11.6 Å². The van der Waals surface area contributed by atoms with Gasteiger partial charge in [0.1, 0.15) is 0 Å². The summed E-state index contributed by atoms with van der Waals surface area (Å²) in [5.74, 6) is 0. The topological polar surface area (TPSA) is 26.3 Å². The zero-order valence-electron chi connectivity index (χ0n) is 9.98. The zero-order valence-corrected chi connectivity index (χ0v) is 11.7. The summed E-state index contributed by atoms with van der Waals surface area (Å²) in [6.45, 7) is 12.8. The van der Waals surface area contributed by atoms with Crippen LogP contribution in [0, 0.1) is 0 Å². The Morgan fingerprint density at radius 2 is 1.86 bits per heavy atom. The van der Waals surface area contributed by atoms with Gasteiger partial charge in [-0.15, -0.1) is 0 Å². The van der Waals surface area contributed by atoms with Crippen LogP contribution in [-0.2, 0) is 9.22 Å². The maximum absolute atomic E-state index is 10.7. The molecule has 0 aromatic heterocycles. The van der Waals surface area contributed by atoms with Crippen molar-refractivity contribution in [2.24, 2.45) is 0 Å². The van der Waals surface area contributed by atoms with Gasteiger partial charge in [-0.05, 0) is 36.7 Å². The van der Waals surface area contributed by atoms with Gasteiger partial charge < -0.3 is 4.43 Å². The van der Waals surface area contributed by atoms with Crippen molar-refractivity contribution in [2.45, 2.75) is 58.4 Å². The number of halogens is 1. The van der Waals surface area contributed by atoms with Gasteiger partial charge in [-0.1, -0.05) is 20.8 Å². The van der Waals surface area contributed by atoms with E-state index < -0.39 is 8.32 Å². The molecule has 1 unspecified atom stereocenters. The number of hydrogen-bond donors (Lipinski definition) is 0. The Morgan fingerprint density at radius 1 is 1.43 bits per heavy atom. The molecule has 1 atom stereocenters. The molecule has 0 aliphatic heterocycles. The van der Waals surface area contributed by atoms with Crippen molar-refractivity contribution in [1.29, 1.82) is 0 Å². The number of carbonyl (C=O) groups excluding carboxylic acids is 1. The van der Waals surface area contributed by atoms with Gasteiger partial charge in [-0.2, -0.15) is 0 Å². The summed E-state index contributed by atoms with van der Waals surface area (Å²) in [7, 11) is -1.75. The summed E-state index contributed by atoms with van der Waals surface area (Å²) in [6, 6.07) is 0. The van der Waals surface area contributed by atoms with Crippen LogP contribution in [0.1, 0.15) is 34.1 Å². The van der Waals surface area contributed by atoms with E-state index in [-0.39, 0.29) is 16.4 Å². The van der Waals surface area contributed by atoms with Gasteiger partial charge in [0.2, 0.25) is 5.24 Å². The van der Waals surface area contributed by atoms with Crippen molar-refractivity contribution in [3.63, 3.8) is 0 Å². The van der Waals surface area contributed by atoms with Crippen LogP contribution in [0.2, 0.25) is 18.1 Å². The SMILES string of the molecule is CC(CC(=O)Cl)O[Si](C)(C)C(C)(C)C. The highest BCUT2D eigenvalue weighted by Gasteiger charge is 2.38. The molecule has 0 spiro atoms. The lowest BCUT2D eigenvalue weighted by Crippen LogP contribution is -2.43. The number of hydrogen-bond acceptors (Lipinski definition) is 2. The van der Waals surface area contributed by atoms with E-state index in [2.05, 4.69) is 33.9 Å². The van der Waals surface area contributed by atoms with Gasteiger partial charge in [-0.3, -0.25) is 4.79 Å². The summed E-state index contributed by atoms with van der Waals surface area (Å²) in [5.41, 5.74) is 0. The van der Waals surface area contributed by atoms with Gasteiger partial charge in [0, 0.05) is 6.42 Å². The first-order chi connectivity index (χ1) is 6.06. The Bertz CT molecular complexity index is 209. The molecule has 0 bridgehead atoms. The second kappa shape index (κ2) is 4.77.